The molecule has 2 aromatic rings. The lowest BCUT2D eigenvalue weighted by Gasteiger charge is -2.21. The van der Waals surface area contributed by atoms with Gasteiger partial charge < -0.3 is 14.4 Å². The van der Waals surface area contributed by atoms with E-state index in [4.69, 9.17) is 9.47 Å². The van der Waals surface area contributed by atoms with E-state index >= 15 is 0 Å². The first kappa shape index (κ1) is 17.5. The third kappa shape index (κ3) is 4.13. The van der Waals surface area contributed by atoms with Crippen LogP contribution in [0, 0.1) is 5.82 Å². The van der Waals surface area contributed by atoms with Crippen LogP contribution < -0.4 is 9.47 Å². The zero-order valence-corrected chi connectivity index (χ0v) is 13.8. The summed E-state index contributed by atoms with van der Waals surface area (Å²) < 4.78 is 23.8. The van der Waals surface area contributed by atoms with E-state index in [2.05, 4.69) is 6.58 Å². The molecule has 0 aliphatic carbocycles. The molecule has 2 rings (SSSR count). The van der Waals surface area contributed by atoms with Gasteiger partial charge in [0.05, 0.1) is 14.2 Å². The van der Waals surface area contributed by atoms with Crippen LogP contribution in [-0.2, 0) is 6.54 Å². The van der Waals surface area contributed by atoms with Crippen LogP contribution in [-0.4, -0.2) is 31.6 Å². The van der Waals surface area contributed by atoms with Crippen molar-refractivity contribution in [3.8, 4) is 11.5 Å². The van der Waals surface area contributed by atoms with Gasteiger partial charge in [-0.25, -0.2) is 4.39 Å². The molecule has 0 N–H and O–H groups in total. The van der Waals surface area contributed by atoms with Gasteiger partial charge in [0.15, 0.2) is 11.6 Å². The summed E-state index contributed by atoms with van der Waals surface area (Å²) >= 11 is 0. The second-order valence-corrected chi connectivity index (χ2v) is 5.17. The highest BCUT2D eigenvalue weighted by molar-refractivity contribution is 5.94. The van der Waals surface area contributed by atoms with Gasteiger partial charge in [0, 0.05) is 18.7 Å². The zero-order valence-electron chi connectivity index (χ0n) is 13.8. The van der Waals surface area contributed by atoms with Gasteiger partial charge in [-0.05, 0) is 35.9 Å². The van der Waals surface area contributed by atoms with E-state index < -0.39 is 5.82 Å². The predicted octanol–water partition coefficient (Wildman–Crippen LogP) is 3.67. The first-order valence-corrected chi connectivity index (χ1v) is 7.45. The van der Waals surface area contributed by atoms with E-state index in [0.717, 1.165) is 11.3 Å². The van der Waals surface area contributed by atoms with E-state index in [1.165, 1.54) is 19.2 Å². The number of benzene rings is 2. The Morgan fingerprint density at radius 3 is 2.42 bits per heavy atom. The summed E-state index contributed by atoms with van der Waals surface area (Å²) in [5.74, 6) is 0.0215. The molecule has 0 aliphatic heterocycles. The molecule has 0 bridgehead atoms. The van der Waals surface area contributed by atoms with Crippen molar-refractivity contribution >= 4 is 5.91 Å². The second-order valence-electron chi connectivity index (χ2n) is 5.17. The van der Waals surface area contributed by atoms with E-state index in [0.29, 0.717) is 13.1 Å². The van der Waals surface area contributed by atoms with Crippen molar-refractivity contribution in [3.05, 3.63) is 72.1 Å². The molecule has 2 aromatic carbocycles. The average Bonchev–Trinajstić information content (AvgIpc) is 2.61. The molecule has 1 amide bonds. The largest absolute Gasteiger partial charge is 0.497 e. The standard InChI is InChI=1S/C19H20FNO3/c1-4-11-21(13-14-5-8-16(23-2)9-6-14)19(22)15-7-10-18(24-3)17(20)12-15/h4-10,12H,1,11,13H2,2-3H3. The normalized spacial score (nSPS) is 10.1. The topological polar surface area (TPSA) is 38.8 Å². The third-order valence-corrected chi connectivity index (χ3v) is 3.57. The average molecular weight is 329 g/mol. The molecule has 0 radical (unpaired) electrons. The van der Waals surface area contributed by atoms with Crippen LogP contribution in [0.5, 0.6) is 11.5 Å². The summed E-state index contributed by atoms with van der Waals surface area (Å²) in [6.07, 6.45) is 1.64. The van der Waals surface area contributed by atoms with E-state index in [-0.39, 0.29) is 17.2 Å². The van der Waals surface area contributed by atoms with Crippen LogP contribution in [0.2, 0.25) is 0 Å². The van der Waals surface area contributed by atoms with Gasteiger partial charge in [-0.2, -0.15) is 0 Å². The van der Waals surface area contributed by atoms with Crippen LogP contribution >= 0.6 is 0 Å². The molecule has 0 saturated carbocycles. The van der Waals surface area contributed by atoms with Crippen LogP contribution in [0.3, 0.4) is 0 Å². The predicted molar refractivity (Wildman–Crippen MR) is 90.9 cm³/mol. The van der Waals surface area contributed by atoms with E-state index in [9.17, 15) is 9.18 Å². The summed E-state index contributed by atoms with van der Waals surface area (Å²) in [6, 6.07) is 11.6. The Kier molecular flexibility index (Phi) is 5.95. The van der Waals surface area contributed by atoms with Gasteiger partial charge in [0.2, 0.25) is 0 Å². The summed E-state index contributed by atoms with van der Waals surface area (Å²) in [5.41, 5.74) is 1.21. The Balaban J connectivity index is 2.20. The third-order valence-electron chi connectivity index (χ3n) is 3.57. The number of amides is 1. The van der Waals surface area contributed by atoms with Crippen LogP contribution in [0.25, 0.3) is 0 Å². The Morgan fingerprint density at radius 2 is 1.88 bits per heavy atom. The fraction of sp³-hybridized carbons (Fsp3) is 0.211. The molecule has 0 unspecified atom stereocenters. The van der Waals surface area contributed by atoms with Gasteiger partial charge in [-0.1, -0.05) is 18.2 Å². The highest BCUT2D eigenvalue weighted by Crippen LogP contribution is 2.20. The maximum atomic E-state index is 13.8. The summed E-state index contributed by atoms with van der Waals surface area (Å²) in [7, 11) is 2.98. The van der Waals surface area contributed by atoms with Crippen LogP contribution in [0.1, 0.15) is 15.9 Å². The molecular formula is C19H20FNO3. The molecule has 0 aromatic heterocycles. The molecule has 0 atom stereocenters. The Morgan fingerprint density at radius 1 is 1.17 bits per heavy atom. The number of carbonyl (C=O) groups is 1. The molecule has 0 spiro atoms. The number of hydrogen-bond donors (Lipinski definition) is 0. The van der Waals surface area contributed by atoms with Crippen molar-refractivity contribution in [3.63, 3.8) is 0 Å². The van der Waals surface area contributed by atoms with Gasteiger partial charge in [0.25, 0.3) is 5.91 Å². The fourth-order valence-electron chi connectivity index (χ4n) is 2.31. The monoisotopic (exact) mass is 329 g/mol. The Labute approximate surface area is 141 Å². The zero-order chi connectivity index (χ0) is 17.5. The van der Waals surface area contributed by atoms with Crippen molar-refractivity contribution in [1.29, 1.82) is 0 Å². The minimum Gasteiger partial charge on any atom is -0.497 e. The number of rotatable bonds is 7. The molecule has 0 heterocycles. The molecule has 24 heavy (non-hydrogen) atoms. The number of ether oxygens (including phenoxy) is 2. The summed E-state index contributed by atoms with van der Waals surface area (Å²) in [6.45, 7) is 4.43. The SMILES string of the molecule is C=CCN(Cc1ccc(OC)cc1)C(=O)c1ccc(OC)c(F)c1. The summed E-state index contributed by atoms with van der Waals surface area (Å²) in [4.78, 5) is 14.3. The number of methoxy groups -OCH3 is 2. The Bertz CT molecular complexity index is 713. The van der Waals surface area contributed by atoms with Gasteiger partial charge in [-0.15, -0.1) is 6.58 Å². The lowest BCUT2D eigenvalue weighted by atomic mass is 10.1. The summed E-state index contributed by atoms with van der Waals surface area (Å²) in [5, 5.41) is 0. The van der Waals surface area contributed by atoms with Crippen molar-refractivity contribution in [1.82, 2.24) is 4.90 Å². The first-order chi connectivity index (χ1) is 11.6. The molecule has 5 heteroatoms. The highest BCUT2D eigenvalue weighted by Gasteiger charge is 2.17. The van der Waals surface area contributed by atoms with Gasteiger partial charge in [-0.3, -0.25) is 4.79 Å². The lowest BCUT2D eigenvalue weighted by molar-refractivity contribution is 0.0762. The van der Waals surface area contributed by atoms with Gasteiger partial charge >= 0.3 is 0 Å². The number of nitrogens with zero attached hydrogens (tertiary/aromatic N) is 1. The molecule has 126 valence electrons. The maximum absolute atomic E-state index is 13.8. The van der Waals surface area contributed by atoms with Crippen LogP contribution in [0.15, 0.2) is 55.1 Å². The smallest absolute Gasteiger partial charge is 0.254 e. The fourth-order valence-corrected chi connectivity index (χ4v) is 2.31. The van der Waals surface area contributed by atoms with Crippen molar-refractivity contribution < 1.29 is 18.7 Å². The Hall–Kier alpha value is -2.82. The molecular weight excluding hydrogens is 309 g/mol. The highest BCUT2D eigenvalue weighted by atomic mass is 19.1. The lowest BCUT2D eigenvalue weighted by Crippen LogP contribution is -2.30. The second kappa shape index (κ2) is 8.15. The molecule has 0 fully saturated rings. The quantitative estimate of drug-likeness (QED) is 0.728. The van der Waals surface area contributed by atoms with Crippen molar-refractivity contribution in [2.75, 3.05) is 20.8 Å². The van der Waals surface area contributed by atoms with Crippen LogP contribution in [0.4, 0.5) is 4.39 Å². The van der Waals surface area contributed by atoms with Crippen molar-refractivity contribution in [2.45, 2.75) is 6.54 Å². The van der Waals surface area contributed by atoms with Crippen molar-refractivity contribution in [2.24, 2.45) is 0 Å². The molecule has 0 aliphatic rings. The van der Waals surface area contributed by atoms with E-state index in [1.54, 1.807) is 24.2 Å². The number of carbonyl (C=O) groups excluding carboxylic acids is 1. The number of hydrogen-bond acceptors (Lipinski definition) is 3. The minimum absolute atomic E-state index is 0.108. The maximum Gasteiger partial charge on any atom is 0.254 e. The number of halogens is 1. The van der Waals surface area contributed by atoms with Gasteiger partial charge in [0.1, 0.15) is 5.75 Å². The minimum atomic E-state index is -0.564. The first-order valence-electron chi connectivity index (χ1n) is 7.45. The molecule has 0 saturated heterocycles. The molecule has 4 nitrogen and oxygen atoms in total. The van der Waals surface area contributed by atoms with E-state index in [1.807, 2.05) is 24.3 Å².